The Labute approximate surface area is 143 Å². The highest BCUT2D eigenvalue weighted by atomic mass is 16.5. The first-order chi connectivity index (χ1) is 11.6. The Morgan fingerprint density at radius 1 is 1.29 bits per heavy atom. The molecule has 2 saturated heterocycles. The molecule has 2 amide bonds. The van der Waals surface area contributed by atoms with Gasteiger partial charge in [-0.3, -0.25) is 9.59 Å². The van der Waals surface area contributed by atoms with Crippen LogP contribution in [0.15, 0.2) is 24.3 Å². The van der Waals surface area contributed by atoms with Crippen molar-refractivity contribution in [2.75, 3.05) is 20.2 Å². The summed E-state index contributed by atoms with van der Waals surface area (Å²) in [5, 5.41) is 3.04. The second-order valence-corrected chi connectivity index (χ2v) is 6.89. The summed E-state index contributed by atoms with van der Waals surface area (Å²) in [7, 11) is 1.80. The minimum Gasteiger partial charge on any atom is -0.376 e. The number of carbonyl (C=O) groups excluding carboxylic acids is 2. The molecule has 24 heavy (non-hydrogen) atoms. The zero-order valence-electron chi connectivity index (χ0n) is 14.5. The van der Waals surface area contributed by atoms with E-state index in [1.165, 1.54) is 5.56 Å². The van der Waals surface area contributed by atoms with E-state index >= 15 is 0 Å². The highest BCUT2D eigenvalue weighted by molar-refractivity contribution is 5.84. The average molecular weight is 330 g/mol. The van der Waals surface area contributed by atoms with E-state index in [1.54, 1.807) is 11.9 Å². The number of carbonyl (C=O) groups is 2. The van der Waals surface area contributed by atoms with Crippen LogP contribution in [0.25, 0.3) is 0 Å². The number of benzene rings is 1. The number of nitrogens with zero attached hydrogens (tertiary/aromatic N) is 1. The SMILES string of the molecule is Cc1ccc([C@@H]2[C@H](C(=O)NC[C@@H]3CCCO3)CCC(=O)N2C)cc1. The third-order valence-electron chi connectivity index (χ3n) is 5.14. The molecule has 1 aromatic carbocycles. The van der Waals surface area contributed by atoms with Gasteiger partial charge in [-0.2, -0.15) is 0 Å². The summed E-state index contributed by atoms with van der Waals surface area (Å²) < 4.78 is 5.57. The van der Waals surface area contributed by atoms with Crippen LogP contribution < -0.4 is 5.32 Å². The second kappa shape index (κ2) is 7.34. The first kappa shape index (κ1) is 17.0. The molecular weight excluding hydrogens is 304 g/mol. The number of rotatable bonds is 4. The Kier molecular flexibility index (Phi) is 5.19. The van der Waals surface area contributed by atoms with Gasteiger partial charge < -0.3 is 15.0 Å². The summed E-state index contributed by atoms with van der Waals surface area (Å²) in [6.45, 7) is 3.38. The second-order valence-electron chi connectivity index (χ2n) is 6.89. The minimum absolute atomic E-state index is 0.0235. The molecule has 3 rings (SSSR count). The molecule has 0 radical (unpaired) electrons. The van der Waals surface area contributed by atoms with Crippen LogP contribution in [0.5, 0.6) is 0 Å². The highest BCUT2D eigenvalue weighted by Crippen LogP contribution is 2.36. The van der Waals surface area contributed by atoms with Crippen molar-refractivity contribution < 1.29 is 14.3 Å². The fourth-order valence-electron chi connectivity index (χ4n) is 3.68. The third kappa shape index (κ3) is 3.61. The number of hydrogen-bond donors (Lipinski definition) is 1. The van der Waals surface area contributed by atoms with Crippen molar-refractivity contribution in [3.05, 3.63) is 35.4 Å². The molecule has 0 saturated carbocycles. The van der Waals surface area contributed by atoms with Crippen LogP contribution in [0.1, 0.15) is 42.9 Å². The fourth-order valence-corrected chi connectivity index (χ4v) is 3.68. The van der Waals surface area contributed by atoms with E-state index in [-0.39, 0.29) is 29.9 Å². The van der Waals surface area contributed by atoms with Crippen molar-refractivity contribution in [3.8, 4) is 0 Å². The molecule has 3 atom stereocenters. The molecule has 1 aromatic rings. The van der Waals surface area contributed by atoms with Crippen LogP contribution >= 0.6 is 0 Å². The molecular formula is C19H26N2O3. The smallest absolute Gasteiger partial charge is 0.225 e. The van der Waals surface area contributed by atoms with Gasteiger partial charge in [0.15, 0.2) is 0 Å². The predicted molar refractivity (Wildman–Crippen MR) is 91.4 cm³/mol. The largest absolute Gasteiger partial charge is 0.376 e. The monoisotopic (exact) mass is 330 g/mol. The third-order valence-corrected chi connectivity index (χ3v) is 5.14. The van der Waals surface area contributed by atoms with Gasteiger partial charge in [0, 0.05) is 26.6 Å². The lowest BCUT2D eigenvalue weighted by molar-refractivity contribution is -0.141. The topological polar surface area (TPSA) is 58.6 Å². The van der Waals surface area contributed by atoms with Crippen LogP contribution in [0.2, 0.25) is 0 Å². The highest BCUT2D eigenvalue weighted by Gasteiger charge is 2.38. The molecule has 2 heterocycles. The minimum atomic E-state index is -0.211. The van der Waals surface area contributed by atoms with Gasteiger partial charge in [0.25, 0.3) is 0 Å². The van der Waals surface area contributed by atoms with E-state index in [4.69, 9.17) is 4.74 Å². The Morgan fingerprint density at radius 2 is 2.04 bits per heavy atom. The summed E-state index contributed by atoms with van der Waals surface area (Å²) in [6, 6.07) is 7.91. The number of ether oxygens (including phenoxy) is 1. The number of aryl methyl sites for hydroxylation is 1. The standard InChI is InChI=1S/C19H26N2O3/c1-13-5-7-14(8-6-13)18-16(9-10-17(22)21(18)2)19(23)20-12-15-4-3-11-24-15/h5-8,15-16,18H,3-4,9-12H2,1-2H3,(H,20,23)/t15-,16+,18+/m0/s1. The van der Waals surface area contributed by atoms with Crippen LogP contribution in [0.4, 0.5) is 0 Å². The summed E-state index contributed by atoms with van der Waals surface area (Å²) >= 11 is 0. The number of hydrogen-bond acceptors (Lipinski definition) is 3. The van der Waals surface area contributed by atoms with Crippen LogP contribution in [-0.4, -0.2) is 43.0 Å². The summed E-state index contributed by atoms with van der Waals surface area (Å²) in [5.41, 5.74) is 2.19. The van der Waals surface area contributed by atoms with Gasteiger partial charge >= 0.3 is 0 Å². The lowest BCUT2D eigenvalue weighted by Gasteiger charge is -2.38. The number of likely N-dealkylation sites (tertiary alicyclic amines) is 1. The molecule has 0 unspecified atom stereocenters. The van der Waals surface area contributed by atoms with E-state index in [0.29, 0.717) is 19.4 Å². The molecule has 5 nitrogen and oxygen atoms in total. The maximum atomic E-state index is 12.8. The number of piperidine rings is 1. The van der Waals surface area contributed by atoms with Gasteiger partial charge in [-0.1, -0.05) is 29.8 Å². The van der Waals surface area contributed by atoms with Gasteiger partial charge in [0.05, 0.1) is 18.1 Å². The summed E-state index contributed by atoms with van der Waals surface area (Å²) in [6.07, 6.45) is 3.23. The van der Waals surface area contributed by atoms with Gasteiger partial charge in [-0.15, -0.1) is 0 Å². The van der Waals surface area contributed by atoms with Crippen LogP contribution in [0, 0.1) is 12.8 Å². The average Bonchev–Trinajstić information content (AvgIpc) is 3.09. The van der Waals surface area contributed by atoms with Gasteiger partial charge in [-0.25, -0.2) is 0 Å². The van der Waals surface area contributed by atoms with Crippen molar-refractivity contribution >= 4 is 11.8 Å². The van der Waals surface area contributed by atoms with Crippen molar-refractivity contribution in [2.45, 2.75) is 44.8 Å². The molecule has 0 bridgehead atoms. The lowest BCUT2D eigenvalue weighted by atomic mass is 9.83. The van der Waals surface area contributed by atoms with E-state index in [2.05, 4.69) is 5.32 Å². The maximum Gasteiger partial charge on any atom is 0.225 e. The quantitative estimate of drug-likeness (QED) is 0.921. The Bertz CT molecular complexity index is 593. The van der Waals surface area contributed by atoms with Gasteiger partial charge in [-0.05, 0) is 31.7 Å². The van der Waals surface area contributed by atoms with E-state index < -0.39 is 0 Å². The van der Waals surface area contributed by atoms with E-state index in [1.807, 2.05) is 31.2 Å². The Hall–Kier alpha value is -1.88. The van der Waals surface area contributed by atoms with Gasteiger partial charge in [0.2, 0.25) is 11.8 Å². The van der Waals surface area contributed by atoms with Crippen LogP contribution in [-0.2, 0) is 14.3 Å². The Morgan fingerprint density at radius 3 is 2.71 bits per heavy atom. The zero-order chi connectivity index (χ0) is 17.1. The lowest BCUT2D eigenvalue weighted by Crippen LogP contribution is -2.47. The molecule has 1 N–H and O–H groups in total. The van der Waals surface area contributed by atoms with Crippen molar-refractivity contribution in [1.29, 1.82) is 0 Å². The molecule has 0 aliphatic carbocycles. The first-order valence-corrected chi connectivity index (χ1v) is 8.78. The summed E-state index contributed by atoms with van der Waals surface area (Å²) in [5.74, 6) is -0.0871. The molecule has 5 heteroatoms. The summed E-state index contributed by atoms with van der Waals surface area (Å²) in [4.78, 5) is 26.6. The van der Waals surface area contributed by atoms with Crippen molar-refractivity contribution in [3.63, 3.8) is 0 Å². The fraction of sp³-hybridized carbons (Fsp3) is 0.579. The van der Waals surface area contributed by atoms with E-state index in [0.717, 1.165) is 25.0 Å². The molecule has 0 spiro atoms. The van der Waals surface area contributed by atoms with E-state index in [9.17, 15) is 9.59 Å². The predicted octanol–water partition coefficient (Wildman–Crippen LogP) is 2.20. The first-order valence-electron chi connectivity index (χ1n) is 8.78. The van der Waals surface area contributed by atoms with Crippen molar-refractivity contribution in [2.24, 2.45) is 5.92 Å². The van der Waals surface area contributed by atoms with Crippen LogP contribution in [0.3, 0.4) is 0 Å². The zero-order valence-corrected chi connectivity index (χ0v) is 14.5. The normalized spacial score (nSPS) is 27.3. The number of nitrogens with one attached hydrogen (secondary N) is 1. The molecule has 130 valence electrons. The molecule has 0 aromatic heterocycles. The molecule has 2 aliphatic heterocycles. The van der Waals surface area contributed by atoms with Crippen molar-refractivity contribution in [1.82, 2.24) is 10.2 Å². The number of amides is 2. The molecule has 2 fully saturated rings. The maximum absolute atomic E-state index is 12.8. The van der Waals surface area contributed by atoms with Gasteiger partial charge in [0.1, 0.15) is 0 Å². The Balaban J connectivity index is 1.74. The molecule has 2 aliphatic rings.